The molecule has 2 aromatic rings. The molecular formula is C21H26ClFN4O3. The fourth-order valence-electron chi connectivity index (χ4n) is 5.48. The maximum absolute atomic E-state index is 13.9. The van der Waals surface area contributed by atoms with Crippen LogP contribution >= 0.6 is 12.4 Å². The molecule has 0 spiro atoms. The van der Waals surface area contributed by atoms with Crippen molar-refractivity contribution < 1.29 is 18.4 Å². The van der Waals surface area contributed by atoms with E-state index in [9.17, 15) is 9.18 Å². The Balaban J connectivity index is 0.00000218. The van der Waals surface area contributed by atoms with E-state index in [-0.39, 0.29) is 36.1 Å². The van der Waals surface area contributed by atoms with Crippen LogP contribution in [0.3, 0.4) is 0 Å². The van der Waals surface area contributed by atoms with Crippen molar-refractivity contribution in [1.29, 1.82) is 0 Å². The van der Waals surface area contributed by atoms with Crippen LogP contribution in [-0.2, 0) is 0 Å². The summed E-state index contributed by atoms with van der Waals surface area (Å²) >= 11 is 0. The van der Waals surface area contributed by atoms with Gasteiger partial charge in [-0.05, 0) is 42.9 Å². The summed E-state index contributed by atoms with van der Waals surface area (Å²) in [4.78, 5) is 17.7. The van der Waals surface area contributed by atoms with E-state index in [1.807, 2.05) is 14.1 Å². The van der Waals surface area contributed by atoms with Gasteiger partial charge in [0.25, 0.3) is 5.91 Å². The minimum Gasteiger partial charge on any atom is -0.494 e. The van der Waals surface area contributed by atoms with Gasteiger partial charge < -0.3 is 24.4 Å². The van der Waals surface area contributed by atoms with Crippen molar-refractivity contribution in [3.8, 4) is 17.1 Å². The van der Waals surface area contributed by atoms with E-state index < -0.39 is 5.82 Å². The van der Waals surface area contributed by atoms with Gasteiger partial charge in [0.15, 0.2) is 23.1 Å². The van der Waals surface area contributed by atoms with Crippen molar-refractivity contribution in [3.63, 3.8) is 0 Å². The first-order valence-corrected chi connectivity index (χ1v) is 10.1. The second-order valence-electron chi connectivity index (χ2n) is 8.36. The van der Waals surface area contributed by atoms with Crippen LogP contribution in [0.5, 0.6) is 5.75 Å². The van der Waals surface area contributed by atoms with E-state index in [1.54, 1.807) is 17.0 Å². The van der Waals surface area contributed by atoms with Gasteiger partial charge in [0.05, 0.1) is 7.11 Å². The highest BCUT2D eigenvalue weighted by Crippen LogP contribution is 2.49. The number of hydrogen-bond acceptors (Lipinski definition) is 6. The molecule has 162 valence electrons. The van der Waals surface area contributed by atoms with Crippen molar-refractivity contribution in [2.24, 2.45) is 11.8 Å². The smallest absolute Gasteiger partial charge is 0.262 e. The predicted octanol–water partition coefficient (Wildman–Crippen LogP) is 2.80. The average Bonchev–Trinajstić information content (AvgIpc) is 3.47. The fourth-order valence-corrected chi connectivity index (χ4v) is 5.48. The molecule has 0 radical (unpaired) electrons. The molecule has 4 heterocycles. The van der Waals surface area contributed by atoms with Crippen molar-refractivity contribution in [3.05, 3.63) is 29.6 Å². The number of hydrogen-bond donors (Lipinski definition) is 1. The van der Waals surface area contributed by atoms with E-state index >= 15 is 0 Å². The van der Waals surface area contributed by atoms with Crippen molar-refractivity contribution in [2.45, 2.75) is 24.9 Å². The first-order chi connectivity index (χ1) is 14.0. The Hall–Kier alpha value is -2.32. The van der Waals surface area contributed by atoms with Gasteiger partial charge in [0.2, 0.25) is 0 Å². The van der Waals surface area contributed by atoms with Crippen LogP contribution in [0, 0.1) is 17.7 Å². The van der Waals surface area contributed by atoms with Crippen molar-refractivity contribution in [1.82, 2.24) is 15.4 Å². The molecular weight excluding hydrogens is 411 g/mol. The summed E-state index contributed by atoms with van der Waals surface area (Å²) in [5.74, 6) is 1.48. The third-order valence-electron chi connectivity index (χ3n) is 6.73. The van der Waals surface area contributed by atoms with Gasteiger partial charge in [-0.2, -0.15) is 0 Å². The summed E-state index contributed by atoms with van der Waals surface area (Å²) in [6, 6.07) is 4.96. The number of aromatic nitrogens is 1. The average molecular weight is 437 g/mol. The van der Waals surface area contributed by atoms with E-state index in [0.29, 0.717) is 34.5 Å². The zero-order chi connectivity index (χ0) is 20.3. The number of carbonyl (C=O) groups excluding carboxylic acids is 1. The number of rotatable bonds is 4. The lowest BCUT2D eigenvalue weighted by molar-refractivity contribution is 0.0710. The van der Waals surface area contributed by atoms with Gasteiger partial charge in [-0.3, -0.25) is 4.79 Å². The maximum Gasteiger partial charge on any atom is 0.262 e. The summed E-state index contributed by atoms with van der Waals surface area (Å²) in [6.45, 7) is 1.95. The number of nitrogens with zero attached hydrogens (tertiary/aromatic N) is 3. The van der Waals surface area contributed by atoms with E-state index in [0.717, 1.165) is 25.9 Å². The topological polar surface area (TPSA) is 70.8 Å². The third kappa shape index (κ3) is 2.96. The van der Waals surface area contributed by atoms with E-state index in [4.69, 9.17) is 9.26 Å². The molecule has 1 amide bonds. The van der Waals surface area contributed by atoms with Crippen LogP contribution in [0.15, 0.2) is 22.7 Å². The number of methoxy groups -OCH3 is 1. The molecule has 4 atom stereocenters. The number of fused-ring (bicyclic) bond motifs is 5. The molecule has 1 aromatic carbocycles. The van der Waals surface area contributed by atoms with Crippen LogP contribution in [0.2, 0.25) is 0 Å². The van der Waals surface area contributed by atoms with Gasteiger partial charge in [0, 0.05) is 44.8 Å². The van der Waals surface area contributed by atoms with Crippen molar-refractivity contribution >= 4 is 24.1 Å². The Morgan fingerprint density at radius 2 is 1.93 bits per heavy atom. The SMILES string of the molecule is COc1cc(-c2onc(N(C)C)c2C(=O)N2[C@@H]3CC[C@H]2[C@H]2CNC[C@H]23)ccc1F.Cl. The first-order valence-electron chi connectivity index (χ1n) is 10.1. The highest BCUT2D eigenvalue weighted by molar-refractivity contribution is 6.04. The van der Waals surface area contributed by atoms with Gasteiger partial charge in [-0.1, -0.05) is 5.16 Å². The number of benzene rings is 1. The van der Waals surface area contributed by atoms with Crippen LogP contribution in [-0.4, -0.2) is 62.3 Å². The number of ether oxygens (including phenoxy) is 1. The lowest BCUT2D eigenvalue weighted by Gasteiger charge is -2.25. The van der Waals surface area contributed by atoms with Crippen LogP contribution in [0.1, 0.15) is 23.2 Å². The van der Waals surface area contributed by atoms with Crippen LogP contribution in [0.25, 0.3) is 11.3 Å². The number of halogens is 2. The molecule has 1 N–H and O–H groups in total. The van der Waals surface area contributed by atoms with E-state index in [1.165, 1.54) is 13.2 Å². The minimum absolute atomic E-state index is 0. The molecule has 5 rings (SSSR count). The third-order valence-corrected chi connectivity index (χ3v) is 6.73. The summed E-state index contributed by atoms with van der Waals surface area (Å²) in [5, 5.41) is 7.64. The molecule has 0 saturated carbocycles. The summed E-state index contributed by atoms with van der Waals surface area (Å²) in [6.07, 6.45) is 2.09. The molecule has 7 nitrogen and oxygen atoms in total. The molecule has 9 heteroatoms. The zero-order valence-corrected chi connectivity index (χ0v) is 18.0. The Morgan fingerprint density at radius 1 is 1.27 bits per heavy atom. The molecule has 3 aliphatic rings. The summed E-state index contributed by atoms with van der Waals surface area (Å²) in [5.41, 5.74) is 1.01. The molecule has 3 aliphatic heterocycles. The minimum atomic E-state index is -0.464. The Morgan fingerprint density at radius 3 is 2.53 bits per heavy atom. The van der Waals surface area contributed by atoms with Crippen molar-refractivity contribution in [2.75, 3.05) is 39.2 Å². The molecule has 3 saturated heterocycles. The van der Waals surface area contributed by atoms with Gasteiger partial charge in [0.1, 0.15) is 5.56 Å². The molecule has 0 unspecified atom stereocenters. The molecule has 3 fully saturated rings. The number of anilines is 1. The predicted molar refractivity (Wildman–Crippen MR) is 113 cm³/mol. The van der Waals surface area contributed by atoms with E-state index in [2.05, 4.69) is 15.4 Å². The summed E-state index contributed by atoms with van der Waals surface area (Å²) < 4.78 is 24.6. The Labute approximate surface area is 180 Å². The number of carbonyl (C=O) groups is 1. The first kappa shape index (κ1) is 20.9. The molecule has 30 heavy (non-hydrogen) atoms. The summed E-state index contributed by atoms with van der Waals surface area (Å²) in [7, 11) is 5.08. The van der Waals surface area contributed by atoms with Gasteiger partial charge in [-0.15, -0.1) is 12.4 Å². The monoisotopic (exact) mass is 436 g/mol. The zero-order valence-electron chi connectivity index (χ0n) is 17.2. The molecule has 1 aromatic heterocycles. The van der Waals surface area contributed by atoms with Crippen LogP contribution in [0.4, 0.5) is 10.2 Å². The highest BCUT2D eigenvalue weighted by atomic mass is 35.5. The van der Waals surface area contributed by atoms with Crippen LogP contribution < -0.4 is 15.0 Å². The fraction of sp³-hybridized carbons (Fsp3) is 0.524. The number of nitrogens with one attached hydrogen (secondary N) is 1. The molecule has 2 bridgehead atoms. The van der Waals surface area contributed by atoms with Gasteiger partial charge >= 0.3 is 0 Å². The maximum atomic E-state index is 13.9. The molecule has 0 aliphatic carbocycles. The lowest BCUT2D eigenvalue weighted by Crippen LogP contribution is -2.39. The number of amides is 1. The highest BCUT2D eigenvalue weighted by Gasteiger charge is 2.57. The lowest BCUT2D eigenvalue weighted by atomic mass is 9.82. The normalized spacial score (nSPS) is 26.5. The second-order valence-corrected chi connectivity index (χ2v) is 8.36. The standard InChI is InChI=1S/C21H25FN4O3.ClH/c1-25(2)20-18(19(29-24-20)11-4-5-14(22)17(8-11)28-3)21(27)26-15-6-7-16(26)13-10-23-9-12(13)15;/h4-5,8,12-13,15-16,23H,6-7,9-10H2,1-3H3;1H/t12-,13+,15-,16+;. The Kier molecular flexibility index (Phi) is 5.40. The largest absolute Gasteiger partial charge is 0.494 e. The van der Waals surface area contributed by atoms with Gasteiger partial charge in [-0.25, -0.2) is 4.39 Å². The quantitative estimate of drug-likeness (QED) is 0.794. The Bertz CT molecular complexity index is 948. The second kappa shape index (κ2) is 7.74.